The van der Waals surface area contributed by atoms with Crippen molar-refractivity contribution in [3.63, 3.8) is 0 Å². The molecule has 0 saturated heterocycles. The van der Waals surface area contributed by atoms with Crippen LogP contribution in [0.15, 0.2) is 58.8 Å². The zero-order chi connectivity index (χ0) is 25.7. The average molecular weight is 516 g/mol. The Morgan fingerprint density at radius 3 is 2.50 bits per heavy atom. The van der Waals surface area contributed by atoms with E-state index < -0.39 is 27.6 Å². The molecular formula is C23H20F3N7O2S. The summed E-state index contributed by atoms with van der Waals surface area (Å²) in [7, 11) is -3.86. The van der Waals surface area contributed by atoms with Crippen LogP contribution in [-0.4, -0.2) is 29.4 Å². The second-order valence-electron chi connectivity index (χ2n) is 7.72. The molecule has 1 aliphatic heterocycles. The molecule has 2 heterocycles. The molecule has 0 saturated carbocycles. The Hall–Kier alpha value is -4.36. The number of aromatic nitrogens is 3. The third-order valence-corrected chi connectivity index (χ3v) is 6.58. The molecule has 0 fully saturated rings. The molecular weight excluding hydrogens is 495 g/mol. The molecule has 1 aliphatic rings. The molecule has 0 radical (unpaired) electrons. The van der Waals surface area contributed by atoms with Gasteiger partial charge in [0.25, 0.3) is 0 Å². The number of nitrogens with zero attached hydrogens (tertiary/aromatic N) is 6. The van der Waals surface area contributed by atoms with Crippen LogP contribution in [0, 0.1) is 17.9 Å². The minimum Gasteiger partial charge on any atom is -0.366 e. The van der Waals surface area contributed by atoms with E-state index in [1.807, 2.05) is 6.07 Å². The number of rotatable bonds is 3. The lowest BCUT2D eigenvalue weighted by molar-refractivity contribution is -0.137. The predicted octanol–water partition coefficient (Wildman–Crippen LogP) is 4.68. The predicted molar refractivity (Wildman–Crippen MR) is 126 cm³/mol. The summed E-state index contributed by atoms with van der Waals surface area (Å²) in [4.78, 5) is 8.86. The van der Waals surface area contributed by atoms with Gasteiger partial charge in [-0.15, -0.1) is 5.10 Å². The molecule has 1 atom stereocenters. The fourth-order valence-electron chi connectivity index (χ4n) is 3.94. The summed E-state index contributed by atoms with van der Waals surface area (Å²) in [5.74, 6) is -0.226. The molecule has 1 aromatic heterocycles. The maximum atomic E-state index is 13.4. The first-order valence-corrected chi connectivity index (χ1v) is 11.8. The van der Waals surface area contributed by atoms with E-state index in [0.717, 1.165) is 18.4 Å². The van der Waals surface area contributed by atoms with Crippen LogP contribution in [0.4, 0.5) is 30.8 Å². The van der Waals surface area contributed by atoms with Crippen LogP contribution in [0.1, 0.15) is 37.1 Å². The van der Waals surface area contributed by atoms with Gasteiger partial charge in [0.15, 0.2) is 9.84 Å². The normalized spacial score (nSPS) is 15.5. The highest BCUT2D eigenvalue weighted by atomic mass is 32.2. The molecule has 0 aliphatic carbocycles. The Morgan fingerprint density at radius 2 is 1.92 bits per heavy atom. The van der Waals surface area contributed by atoms with E-state index in [4.69, 9.17) is 12.3 Å². The highest BCUT2D eigenvalue weighted by Crippen LogP contribution is 2.45. The summed E-state index contributed by atoms with van der Waals surface area (Å²) in [6.07, 6.45) is -3.64. The van der Waals surface area contributed by atoms with Gasteiger partial charge in [-0.05, 0) is 42.8 Å². The zero-order valence-corrected chi connectivity index (χ0v) is 19.1. The van der Waals surface area contributed by atoms with E-state index in [2.05, 4.69) is 14.9 Å². The van der Waals surface area contributed by atoms with Crippen LogP contribution in [-0.2, 0) is 16.0 Å². The number of nitriles is 1. The Balaban J connectivity index is 0.00000361. The van der Waals surface area contributed by atoms with Gasteiger partial charge in [0.2, 0.25) is 17.6 Å². The summed E-state index contributed by atoms with van der Waals surface area (Å²) in [5, 5.41) is 13.4. The fraction of sp³-hybridized carbons (Fsp3) is 0.217. The number of hydrogen-bond donors (Lipinski definition) is 1. The fourth-order valence-corrected chi connectivity index (χ4v) is 4.89. The molecule has 13 heteroatoms. The van der Waals surface area contributed by atoms with E-state index in [0.29, 0.717) is 0 Å². The van der Waals surface area contributed by atoms with Gasteiger partial charge in [0.05, 0.1) is 28.7 Å². The van der Waals surface area contributed by atoms with Crippen LogP contribution >= 0.6 is 0 Å². The van der Waals surface area contributed by atoms with Crippen LogP contribution in [0.25, 0.3) is 4.85 Å². The maximum Gasteiger partial charge on any atom is 0.416 e. The third kappa shape index (κ3) is 4.36. The molecule has 3 aromatic rings. The van der Waals surface area contributed by atoms with Crippen LogP contribution in [0.2, 0.25) is 0 Å². The van der Waals surface area contributed by atoms with Crippen molar-refractivity contribution in [3.8, 4) is 6.07 Å². The number of sulfone groups is 1. The van der Waals surface area contributed by atoms with Gasteiger partial charge in [-0.25, -0.2) is 17.9 Å². The van der Waals surface area contributed by atoms with Gasteiger partial charge in [0.1, 0.15) is 6.04 Å². The van der Waals surface area contributed by atoms with Crippen molar-refractivity contribution in [3.05, 3.63) is 82.0 Å². The van der Waals surface area contributed by atoms with Gasteiger partial charge in [-0.3, -0.25) is 4.90 Å². The first-order valence-electron chi connectivity index (χ1n) is 9.88. The van der Waals surface area contributed by atoms with E-state index in [-0.39, 0.29) is 52.4 Å². The Kier molecular flexibility index (Phi) is 6.57. The Labute approximate surface area is 205 Å². The lowest BCUT2D eigenvalue weighted by Crippen LogP contribution is -2.31. The molecule has 186 valence electrons. The minimum atomic E-state index is -4.60. The highest BCUT2D eigenvalue weighted by Gasteiger charge is 2.39. The zero-order valence-electron chi connectivity index (χ0n) is 18.2. The number of halogens is 3. The minimum absolute atomic E-state index is 0. The summed E-state index contributed by atoms with van der Waals surface area (Å²) in [6, 6.07) is 9.24. The smallest absolute Gasteiger partial charge is 0.366 e. The van der Waals surface area contributed by atoms with Crippen LogP contribution in [0.5, 0.6) is 0 Å². The molecule has 0 bridgehead atoms. The van der Waals surface area contributed by atoms with E-state index in [1.54, 1.807) is 0 Å². The molecule has 0 unspecified atom stereocenters. The number of hydrogen-bond acceptors (Lipinski definition) is 7. The van der Waals surface area contributed by atoms with Gasteiger partial charge in [-0.2, -0.15) is 23.4 Å². The second-order valence-corrected chi connectivity index (χ2v) is 9.70. The monoisotopic (exact) mass is 515 g/mol. The van der Waals surface area contributed by atoms with Crippen molar-refractivity contribution in [2.24, 2.45) is 0 Å². The van der Waals surface area contributed by atoms with Crippen molar-refractivity contribution < 1.29 is 21.6 Å². The van der Waals surface area contributed by atoms with Crippen molar-refractivity contribution in [1.29, 1.82) is 5.26 Å². The highest BCUT2D eigenvalue weighted by molar-refractivity contribution is 7.90. The molecule has 9 nitrogen and oxygen atoms in total. The largest absolute Gasteiger partial charge is 0.416 e. The van der Waals surface area contributed by atoms with Crippen molar-refractivity contribution in [2.75, 3.05) is 16.9 Å². The summed E-state index contributed by atoms with van der Waals surface area (Å²) in [6.45, 7) is 9.33. The number of nitrogens with two attached hydrogens (primary N) is 1. The second kappa shape index (κ2) is 9.02. The third-order valence-electron chi connectivity index (χ3n) is 5.43. The quantitative estimate of drug-likeness (QED) is 0.503. The Bertz CT molecular complexity index is 1580. The van der Waals surface area contributed by atoms with Gasteiger partial charge >= 0.3 is 6.18 Å². The SMILES string of the molecule is C.[C-]#[N+]C1=C(C)N(c2cccc(C(F)(F)F)c2)c2nc(N)nn2[C@@H]1c1ccc(C#N)cc1S(C)(=O)=O. The Morgan fingerprint density at radius 1 is 1.22 bits per heavy atom. The molecule has 0 amide bonds. The topological polar surface area (TPSA) is 122 Å². The molecule has 36 heavy (non-hydrogen) atoms. The molecule has 2 aromatic carbocycles. The summed E-state index contributed by atoms with van der Waals surface area (Å²) in [5.41, 5.74) is 5.45. The lowest BCUT2D eigenvalue weighted by Gasteiger charge is -2.34. The number of nitrogen functional groups attached to an aromatic ring is 1. The van der Waals surface area contributed by atoms with Crippen LogP contribution in [0.3, 0.4) is 0 Å². The molecule has 4 rings (SSSR count). The number of fused-ring (bicyclic) bond motifs is 1. The first-order chi connectivity index (χ1) is 16.4. The average Bonchev–Trinajstić information content (AvgIpc) is 3.17. The molecule has 2 N–H and O–H groups in total. The van der Waals surface area contributed by atoms with Gasteiger partial charge in [0, 0.05) is 17.6 Å². The van der Waals surface area contributed by atoms with E-state index in [1.165, 1.54) is 46.8 Å². The number of anilines is 3. The van der Waals surface area contributed by atoms with E-state index >= 15 is 0 Å². The first kappa shape index (κ1) is 26.2. The van der Waals surface area contributed by atoms with Crippen molar-refractivity contribution >= 4 is 27.4 Å². The maximum absolute atomic E-state index is 13.4. The lowest BCUT2D eigenvalue weighted by atomic mass is 9.99. The standard InChI is InChI=1S/C22H16F3N7O2S.CH4/c1-12-18(28-2)19(16-8-7-13(11-26)9-17(16)35(3,33)34)32-21(29-20(27)30-32)31(12)15-6-4-5-14(10-15)22(23,24)25;/h4-10,19H,1,3H3,(H2,27,30);1H4/t19-;/m1./s1. The van der Waals surface area contributed by atoms with Crippen LogP contribution < -0.4 is 10.6 Å². The number of benzene rings is 2. The number of allylic oxidation sites excluding steroid dienone is 2. The summed E-state index contributed by atoms with van der Waals surface area (Å²) < 4.78 is 66.5. The molecule has 0 spiro atoms. The summed E-state index contributed by atoms with van der Waals surface area (Å²) >= 11 is 0. The van der Waals surface area contributed by atoms with E-state index in [9.17, 15) is 26.9 Å². The number of alkyl halides is 3. The van der Waals surface area contributed by atoms with Gasteiger partial charge < -0.3 is 5.73 Å². The van der Waals surface area contributed by atoms with Gasteiger partial charge in [-0.1, -0.05) is 19.6 Å². The van der Waals surface area contributed by atoms with Crippen molar-refractivity contribution in [2.45, 2.75) is 31.5 Å². The van der Waals surface area contributed by atoms with Crippen molar-refractivity contribution in [1.82, 2.24) is 14.8 Å².